The third-order valence-corrected chi connectivity index (χ3v) is 6.08. The van der Waals surface area contributed by atoms with Crippen molar-refractivity contribution in [1.29, 1.82) is 0 Å². The fourth-order valence-electron chi connectivity index (χ4n) is 4.38. The molecule has 2 aliphatic rings. The van der Waals surface area contributed by atoms with E-state index in [1.54, 1.807) is 30.1 Å². The first-order valence-corrected chi connectivity index (χ1v) is 11.5. The minimum absolute atomic E-state index is 0.108. The monoisotopic (exact) mass is 466 g/mol. The van der Waals surface area contributed by atoms with Crippen molar-refractivity contribution in [2.45, 2.75) is 44.4 Å². The molecule has 4 amide bonds. The molecule has 2 heterocycles. The lowest BCUT2D eigenvalue weighted by Crippen LogP contribution is -2.53. The Morgan fingerprint density at radius 2 is 1.85 bits per heavy atom. The lowest BCUT2D eigenvalue weighted by molar-refractivity contribution is -0.130. The lowest BCUT2D eigenvalue weighted by atomic mass is 9.94. The minimum atomic E-state index is -0.349. The summed E-state index contributed by atoms with van der Waals surface area (Å²) in [5, 5.41) is 8.28. The molecule has 180 valence electrons. The van der Waals surface area contributed by atoms with E-state index in [1.807, 2.05) is 37.3 Å². The number of amides is 4. The molecule has 2 aliphatic heterocycles. The van der Waals surface area contributed by atoms with Gasteiger partial charge in [0, 0.05) is 25.0 Å². The number of nitrogens with zero attached hydrogens (tertiary/aromatic N) is 1. The summed E-state index contributed by atoms with van der Waals surface area (Å²) in [4.78, 5) is 39.3. The molecule has 9 heteroatoms. The maximum Gasteiger partial charge on any atom is 0.319 e. The van der Waals surface area contributed by atoms with E-state index in [4.69, 9.17) is 9.47 Å². The van der Waals surface area contributed by atoms with E-state index >= 15 is 0 Å². The third kappa shape index (κ3) is 5.48. The van der Waals surface area contributed by atoms with Gasteiger partial charge in [0.1, 0.15) is 18.5 Å². The normalized spacial score (nSPS) is 21.8. The molecule has 3 atom stereocenters. The van der Waals surface area contributed by atoms with Gasteiger partial charge in [0.05, 0.1) is 24.1 Å². The molecule has 1 fully saturated rings. The molecular weight excluding hydrogens is 436 g/mol. The Morgan fingerprint density at radius 1 is 1.06 bits per heavy atom. The summed E-state index contributed by atoms with van der Waals surface area (Å²) in [6, 6.07) is 13.8. The SMILES string of the molecule is CCNC(=O)Nc1ccc2c(c1)C(=O)N(C)[C@@H]1CC[C@@H](CC(=O)Nc3ccccc3)O[C@H]1CO2. The predicted octanol–water partition coefficient (Wildman–Crippen LogP) is 3.24. The molecule has 0 spiro atoms. The van der Waals surface area contributed by atoms with Crippen molar-refractivity contribution >= 4 is 29.2 Å². The number of nitrogens with one attached hydrogen (secondary N) is 3. The number of hydrogen-bond donors (Lipinski definition) is 3. The number of para-hydroxylation sites is 1. The van der Waals surface area contributed by atoms with Crippen molar-refractivity contribution in [2.75, 3.05) is 30.8 Å². The Balaban J connectivity index is 1.42. The van der Waals surface area contributed by atoms with E-state index in [2.05, 4.69) is 16.0 Å². The average Bonchev–Trinajstić information content (AvgIpc) is 2.82. The topological polar surface area (TPSA) is 109 Å². The molecule has 0 aliphatic carbocycles. The van der Waals surface area contributed by atoms with Gasteiger partial charge in [0.2, 0.25) is 5.91 Å². The molecule has 0 unspecified atom stereocenters. The van der Waals surface area contributed by atoms with E-state index < -0.39 is 0 Å². The molecule has 4 rings (SSSR count). The van der Waals surface area contributed by atoms with Crippen LogP contribution in [0.1, 0.15) is 36.5 Å². The van der Waals surface area contributed by atoms with Gasteiger partial charge in [0.15, 0.2) is 0 Å². The van der Waals surface area contributed by atoms with Gasteiger partial charge in [-0.3, -0.25) is 9.59 Å². The highest BCUT2D eigenvalue weighted by molar-refractivity contribution is 5.99. The molecule has 0 bridgehead atoms. The van der Waals surface area contributed by atoms with Crippen LogP contribution in [0, 0.1) is 0 Å². The Bertz CT molecular complexity index is 1040. The van der Waals surface area contributed by atoms with Crippen molar-refractivity contribution in [3.8, 4) is 5.75 Å². The number of carbonyl (C=O) groups excluding carboxylic acids is 3. The Morgan fingerprint density at radius 3 is 2.62 bits per heavy atom. The fourth-order valence-corrected chi connectivity index (χ4v) is 4.38. The molecule has 3 N–H and O–H groups in total. The Labute approximate surface area is 198 Å². The van der Waals surface area contributed by atoms with Crippen LogP contribution < -0.4 is 20.7 Å². The fraction of sp³-hybridized carbons (Fsp3) is 0.400. The van der Waals surface area contributed by atoms with E-state index in [1.165, 1.54) is 0 Å². The maximum absolute atomic E-state index is 13.3. The van der Waals surface area contributed by atoms with Gasteiger partial charge in [-0.25, -0.2) is 4.79 Å². The van der Waals surface area contributed by atoms with Gasteiger partial charge in [-0.2, -0.15) is 0 Å². The molecule has 0 radical (unpaired) electrons. The molecule has 34 heavy (non-hydrogen) atoms. The van der Waals surface area contributed by atoms with E-state index in [0.717, 1.165) is 5.69 Å². The van der Waals surface area contributed by atoms with Crippen molar-refractivity contribution in [1.82, 2.24) is 10.2 Å². The van der Waals surface area contributed by atoms with Crippen LogP contribution in [-0.4, -0.2) is 61.2 Å². The quantitative estimate of drug-likeness (QED) is 0.627. The number of hydrogen-bond acceptors (Lipinski definition) is 5. The number of fused-ring (bicyclic) bond motifs is 2. The summed E-state index contributed by atoms with van der Waals surface area (Å²) in [6.07, 6.45) is 0.998. The van der Waals surface area contributed by atoms with Crippen molar-refractivity contribution in [3.63, 3.8) is 0 Å². The van der Waals surface area contributed by atoms with Crippen LogP contribution in [0.15, 0.2) is 48.5 Å². The van der Waals surface area contributed by atoms with Gasteiger partial charge < -0.3 is 30.3 Å². The smallest absolute Gasteiger partial charge is 0.319 e. The maximum atomic E-state index is 13.3. The highest BCUT2D eigenvalue weighted by Gasteiger charge is 2.39. The van der Waals surface area contributed by atoms with Gasteiger partial charge in [-0.05, 0) is 50.1 Å². The molecule has 0 aromatic heterocycles. The van der Waals surface area contributed by atoms with Crippen molar-refractivity contribution in [2.24, 2.45) is 0 Å². The summed E-state index contributed by atoms with van der Waals surface area (Å²) >= 11 is 0. The predicted molar refractivity (Wildman–Crippen MR) is 128 cm³/mol. The summed E-state index contributed by atoms with van der Waals surface area (Å²) in [6.45, 7) is 2.59. The van der Waals surface area contributed by atoms with E-state index in [0.29, 0.717) is 36.4 Å². The van der Waals surface area contributed by atoms with Gasteiger partial charge in [0.25, 0.3) is 5.91 Å². The molecule has 2 aromatic rings. The van der Waals surface area contributed by atoms with Crippen molar-refractivity contribution < 1.29 is 23.9 Å². The van der Waals surface area contributed by atoms with E-state index in [-0.39, 0.29) is 49.1 Å². The highest BCUT2D eigenvalue weighted by atomic mass is 16.5. The number of likely N-dealkylation sites (N-methyl/N-ethyl adjacent to an activating group) is 1. The van der Waals surface area contributed by atoms with Gasteiger partial charge >= 0.3 is 6.03 Å². The zero-order chi connectivity index (χ0) is 24.1. The summed E-state index contributed by atoms with van der Waals surface area (Å²) in [5.74, 6) is 0.126. The Kier molecular flexibility index (Phi) is 7.32. The first-order chi connectivity index (χ1) is 16.4. The van der Waals surface area contributed by atoms with Crippen LogP contribution in [0.5, 0.6) is 5.75 Å². The van der Waals surface area contributed by atoms with Crippen LogP contribution in [-0.2, 0) is 9.53 Å². The highest BCUT2D eigenvalue weighted by Crippen LogP contribution is 2.32. The zero-order valence-corrected chi connectivity index (χ0v) is 19.4. The van der Waals surface area contributed by atoms with Crippen LogP contribution >= 0.6 is 0 Å². The van der Waals surface area contributed by atoms with E-state index in [9.17, 15) is 14.4 Å². The second kappa shape index (κ2) is 10.6. The second-order valence-electron chi connectivity index (χ2n) is 8.48. The lowest BCUT2D eigenvalue weighted by Gasteiger charge is -2.42. The average molecular weight is 467 g/mol. The van der Waals surface area contributed by atoms with Crippen LogP contribution in [0.3, 0.4) is 0 Å². The molecular formula is C25H30N4O5. The Hall–Kier alpha value is -3.59. The standard InChI is InChI=1S/C25H30N4O5/c1-3-26-25(32)28-17-9-12-21-19(13-17)24(31)29(2)20-11-10-18(34-22(20)15-33-21)14-23(30)27-16-7-5-4-6-8-16/h4-9,12-13,18,20,22H,3,10-11,14-15H2,1-2H3,(H,27,30)(H2,26,28,32)/t18-,20+,22-/m0/s1. The molecule has 2 aromatic carbocycles. The zero-order valence-electron chi connectivity index (χ0n) is 19.4. The molecule has 1 saturated heterocycles. The van der Waals surface area contributed by atoms with Gasteiger partial charge in [-0.1, -0.05) is 18.2 Å². The second-order valence-corrected chi connectivity index (χ2v) is 8.48. The van der Waals surface area contributed by atoms with Crippen LogP contribution in [0.2, 0.25) is 0 Å². The molecule has 9 nitrogen and oxygen atoms in total. The first-order valence-electron chi connectivity index (χ1n) is 11.5. The molecule has 0 saturated carbocycles. The summed E-state index contributed by atoms with van der Waals surface area (Å²) in [5.41, 5.74) is 1.65. The number of urea groups is 1. The number of rotatable bonds is 5. The number of benzene rings is 2. The van der Waals surface area contributed by atoms with Gasteiger partial charge in [-0.15, -0.1) is 0 Å². The minimum Gasteiger partial charge on any atom is -0.490 e. The third-order valence-electron chi connectivity index (χ3n) is 6.08. The number of carbonyl (C=O) groups is 3. The number of anilines is 2. The summed E-state index contributed by atoms with van der Waals surface area (Å²) < 4.78 is 12.2. The first kappa shape index (κ1) is 23.6. The summed E-state index contributed by atoms with van der Waals surface area (Å²) in [7, 11) is 1.75. The largest absolute Gasteiger partial charge is 0.490 e. The van der Waals surface area contributed by atoms with Crippen molar-refractivity contribution in [3.05, 3.63) is 54.1 Å². The number of ether oxygens (including phenoxy) is 2. The van der Waals surface area contributed by atoms with Crippen LogP contribution in [0.4, 0.5) is 16.2 Å². The van der Waals surface area contributed by atoms with Crippen LogP contribution in [0.25, 0.3) is 0 Å².